The molecular weight excluding hydrogens is 265 g/mol. The molecule has 0 saturated heterocycles. The summed E-state index contributed by atoms with van der Waals surface area (Å²) in [7, 11) is 0. The Morgan fingerprint density at radius 3 is 2.95 bits per heavy atom. The second-order valence-corrected chi connectivity index (χ2v) is 3.82. The van der Waals surface area contributed by atoms with E-state index in [9.17, 15) is 9.18 Å². The van der Waals surface area contributed by atoms with Crippen LogP contribution in [0.15, 0.2) is 37.1 Å². The molecule has 0 saturated carbocycles. The molecule has 3 aromatic rings. The van der Waals surface area contributed by atoms with Crippen LogP contribution in [0.25, 0.3) is 5.69 Å². The maximum atomic E-state index is 13.9. The van der Waals surface area contributed by atoms with Crippen LogP contribution < -0.4 is 5.32 Å². The van der Waals surface area contributed by atoms with Gasteiger partial charge in [-0.2, -0.15) is 20.5 Å². The molecular formula is C11H8FN7O. The Balaban J connectivity index is 1.82. The van der Waals surface area contributed by atoms with Crippen molar-refractivity contribution >= 4 is 11.6 Å². The first-order valence-corrected chi connectivity index (χ1v) is 5.56. The molecule has 8 nitrogen and oxygen atoms in total. The lowest BCUT2D eigenvalue weighted by Gasteiger charge is -2.06. The number of nitrogens with one attached hydrogen (secondary N) is 2. The molecule has 0 radical (unpaired) electrons. The minimum atomic E-state index is -0.534. The Kier molecular flexibility index (Phi) is 2.92. The van der Waals surface area contributed by atoms with Gasteiger partial charge in [0.05, 0.1) is 6.20 Å². The molecule has 0 spiro atoms. The maximum Gasteiger partial charge on any atom is 0.277 e. The van der Waals surface area contributed by atoms with Crippen LogP contribution in [0.1, 0.15) is 10.5 Å². The highest BCUT2D eigenvalue weighted by Gasteiger charge is 2.11. The highest BCUT2D eigenvalue weighted by Crippen LogP contribution is 2.17. The predicted octanol–water partition coefficient (Wildman–Crippen LogP) is 0.777. The van der Waals surface area contributed by atoms with E-state index in [4.69, 9.17) is 0 Å². The average Bonchev–Trinajstić information content (AvgIpc) is 3.12. The third-order valence-electron chi connectivity index (χ3n) is 2.52. The van der Waals surface area contributed by atoms with Gasteiger partial charge in [0.15, 0.2) is 11.5 Å². The number of hydrogen-bond acceptors (Lipinski definition) is 5. The molecule has 0 aliphatic rings. The van der Waals surface area contributed by atoms with Gasteiger partial charge in [-0.15, -0.1) is 0 Å². The Hall–Kier alpha value is -3.10. The number of nitrogens with zero attached hydrogens (tertiary/aromatic N) is 5. The number of carbonyl (C=O) groups is 1. The summed E-state index contributed by atoms with van der Waals surface area (Å²) in [6.07, 6.45) is 3.96. The van der Waals surface area contributed by atoms with Gasteiger partial charge in [0.2, 0.25) is 0 Å². The number of rotatable bonds is 3. The summed E-state index contributed by atoms with van der Waals surface area (Å²) in [5.41, 5.74) is 0.659. The van der Waals surface area contributed by atoms with E-state index in [0.717, 1.165) is 0 Å². The SMILES string of the molecule is O=C(Nc1ccc(-n2cncn2)c(F)c1)c1cn[nH]n1. The van der Waals surface area contributed by atoms with Gasteiger partial charge < -0.3 is 5.32 Å². The molecule has 2 heterocycles. The molecule has 0 unspecified atom stereocenters. The zero-order valence-electron chi connectivity index (χ0n) is 9.99. The number of amides is 1. The molecule has 100 valence electrons. The summed E-state index contributed by atoms with van der Waals surface area (Å²) in [6, 6.07) is 4.23. The van der Waals surface area contributed by atoms with Crippen molar-refractivity contribution in [2.75, 3.05) is 5.32 Å². The number of benzene rings is 1. The lowest BCUT2D eigenvalue weighted by Crippen LogP contribution is -2.12. The number of aromatic nitrogens is 6. The summed E-state index contributed by atoms with van der Waals surface area (Å²) < 4.78 is 15.2. The fourth-order valence-corrected chi connectivity index (χ4v) is 1.61. The van der Waals surface area contributed by atoms with Crippen molar-refractivity contribution in [3.63, 3.8) is 0 Å². The smallest absolute Gasteiger partial charge is 0.277 e. The van der Waals surface area contributed by atoms with Crippen molar-refractivity contribution in [2.24, 2.45) is 0 Å². The van der Waals surface area contributed by atoms with Gasteiger partial charge in [0.25, 0.3) is 5.91 Å². The fourth-order valence-electron chi connectivity index (χ4n) is 1.61. The van der Waals surface area contributed by atoms with E-state index < -0.39 is 11.7 Å². The zero-order valence-corrected chi connectivity index (χ0v) is 9.99. The summed E-state index contributed by atoms with van der Waals surface area (Å²) >= 11 is 0. The normalized spacial score (nSPS) is 10.4. The summed E-state index contributed by atoms with van der Waals surface area (Å²) in [4.78, 5) is 15.5. The molecule has 1 amide bonds. The van der Waals surface area contributed by atoms with Gasteiger partial charge in [0, 0.05) is 5.69 Å². The molecule has 9 heteroatoms. The summed E-state index contributed by atoms with van der Waals surface area (Å²) in [5.74, 6) is -1.01. The number of hydrogen-bond donors (Lipinski definition) is 2. The maximum absolute atomic E-state index is 13.9. The van der Waals surface area contributed by atoms with Crippen LogP contribution in [0.2, 0.25) is 0 Å². The van der Waals surface area contributed by atoms with Crippen LogP contribution in [-0.2, 0) is 0 Å². The molecule has 2 N–H and O–H groups in total. The van der Waals surface area contributed by atoms with Crippen LogP contribution in [0.4, 0.5) is 10.1 Å². The molecule has 0 fully saturated rings. The third kappa shape index (κ3) is 2.23. The Morgan fingerprint density at radius 2 is 2.30 bits per heavy atom. The first kappa shape index (κ1) is 12.0. The first-order valence-electron chi connectivity index (χ1n) is 5.56. The van der Waals surface area contributed by atoms with Crippen molar-refractivity contribution in [3.05, 3.63) is 48.6 Å². The molecule has 0 aliphatic heterocycles. The molecule has 2 aromatic heterocycles. The van der Waals surface area contributed by atoms with Gasteiger partial charge in [0.1, 0.15) is 18.3 Å². The highest BCUT2D eigenvalue weighted by molar-refractivity contribution is 6.02. The molecule has 3 rings (SSSR count). The van der Waals surface area contributed by atoms with Crippen molar-refractivity contribution < 1.29 is 9.18 Å². The van der Waals surface area contributed by atoms with E-state index in [2.05, 4.69) is 30.8 Å². The van der Waals surface area contributed by atoms with E-state index in [1.165, 1.54) is 35.7 Å². The lowest BCUT2D eigenvalue weighted by molar-refractivity contribution is 0.102. The molecule has 0 atom stereocenters. The monoisotopic (exact) mass is 273 g/mol. The zero-order chi connectivity index (χ0) is 13.9. The summed E-state index contributed by atoms with van der Waals surface area (Å²) in [5, 5.41) is 15.8. The number of anilines is 1. The molecule has 0 bridgehead atoms. The number of halogens is 1. The standard InChI is InChI=1S/C11H8FN7O/c12-8-3-7(16-11(20)9-4-14-18-17-9)1-2-10(8)19-6-13-5-15-19/h1-6H,(H,16,20)(H,14,17,18). The van der Waals surface area contributed by atoms with Gasteiger partial charge in [-0.25, -0.2) is 14.1 Å². The summed E-state index contributed by atoms with van der Waals surface area (Å²) in [6.45, 7) is 0. The van der Waals surface area contributed by atoms with Crippen LogP contribution in [0.5, 0.6) is 0 Å². The van der Waals surface area contributed by atoms with Crippen LogP contribution in [0, 0.1) is 5.82 Å². The quantitative estimate of drug-likeness (QED) is 0.734. The average molecular weight is 273 g/mol. The second kappa shape index (κ2) is 4.88. The number of H-pyrrole nitrogens is 1. The topological polar surface area (TPSA) is 101 Å². The second-order valence-electron chi connectivity index (χ2n) is 3.82. The van der Waals surface area contributed by atoms with E-state index in [1.807, 2.05) is 0 Å². The van der Waals surface area contributed by atoms with E-state index >= 15 is 0 Å². The van der Waals surface area contributed by atoms with Crippen molar-refractivity contribution in [1.82, 2.24) is 30.2 Å². The molecule has 0 aliphatic carbocycles. The van der Waals surface area contributed by atoms with Crippen LogP contribution in [0.3, 0.4) is 0 Å². The third-order valence-corrected chi connectivity index (χ3v) is 2.52. The lowest BCUT2D eigenvalue weighted by atomic mass is 10.2. The van der Waals surface area contributed by atoms with Gasteiger partial charge in [-0.3, -0.25) is 4.79 Å². The number of carbonyl (C=O) groups excluding carboxylic acids is 1. The van der Waals surface area contributed by atoms with Gasteiger partial charge in [-0.1, -0.05) is 0 Å². The van der Waals surface area contributed by atoms with Crippen molar-refractivity contribution in [1.29, 1.82) is 0 Å². The molecule has 1 aromatic carbocycles. The fraction of sp³-hybridized carbons (Fsp3) is 0. The van der Waals surface area contributed by atoms with Crippen molar-refractivity contribution in [2.45, 2.75) is 0 Å². The predicted molar refractivity (Wildman–Crippen MR) is 65.7 cm³/mol. The van der Waals surface area contributed by atoms with Gasteiger partial charge >= 0.3 is 0 Å². The minimum absolute atomic E-state index is 0.116. The largest absolute Gasteiger partial charge is 0.320 e. The first-order chi connectivity index (χ1) is 9.74. The van der Waals surface area contributed by atoms with Gasteiger partial charge in [-0.05, 0) is 18.2 Å². The number of aromatic amines is 1. The van der Waals surface area contributed by atoms with E-state index in [1.54, 1.807) is 6.07 Å². The molecule has 20 heavy (non-hydrogen) atoms. The van der Waals surface area contributed by atoms with E-state index in [-0.39, 0.29) is 11.4 Å². The highest BCUT2D eigenvalue weighted by atomic mass is 19.1. The Morgan fingerprint density at radius 1 is 1.40 bits per heavy atom. The van der Waals surface area contributed by atoms with E-state index in [0.29, 0.717) is 5.69 Å². The van der Waals surface area contributed by atoms with Crippen molar-refractivity contribution in [3.8, 4) is 5.69 Å². The Bertz CT molecular complexity index is 723. The Labute approximate surface area is 111 Å². The van der Waals surface area contributed by atoms with Crippen LogP contribution in [-0.4, -0.2) is 36.1 Å². The van der Waals surface area contributed by atoms with Crippen LogP contribution >= 0.6 is 0 Å². The minimum Gasteiger partial charge on any atom is -0.320 e.